The molecule has 1 aromatic heterocycles. The zero-order valence-corrected chi connectivity index (χ0v) is 9.11. The largest absolute Gasteiger partial charge is 0.260 e. The highest BCUT2D eigenvalue weighted by atomic mass is 35.5. The fraction of sp³-hybridized carbons (Fsp3) is 0.375. The zero-order valence-electron chi connectivity index (χ0n) is 7.36. The van der Waals surface area contributed by atoms with Crippen LogP contribution in [-0.4, -0.2) is 13.1 Å². The summed E-state index contributed by atoms with van der Waals surface area (Å²) in [6.45, 7) is 6.16. The van der Waals surface area contributed by atoms with Gasteiger partial charge in [-0.05, 0) is 5.19 Å². The zero-order chi connectivity index (χ0) is 9.35. The van der Waals surface area contributed by atoms with Gasteiger partial charge in [0.1, 0.15) is 5.82 Å². The van der Waals surface area contributed by atoms with Crippen molar-refractivity contribution in [3.8, 4) is 0 Å². The van der Waals surface area contributed by atoms with Gasteiger partial charge in [-0.25, -0.2) is 4.39 Å². The molecule has 0 unspecified atom stereocenters. The van der Waals surface area contributed by atoms with Gasteiger partial charge in [-0.1, -0.05) is 31.2 Å². The minimum atomic E-state index is -1.67. The molecule has 1 heterocycles. The Labute approximate surface area is 77.6 Å². The van der Waals surface area contributed by atoms with Gasteiger partial charge in [0.2, 0.25) is 0 Å². The first kappa shape index (κ1) is 9.67. The summed E-state index contributed by atoms with van der Waals surface area (Å²) in [7, 11) is -1.67. The van der Waals surface area contributed by atoms with E-state index in [9.17, 15) is 4.39 Å². The van der Waals surface area contributed by atoms with Gasteiger partial charge in [0.15, 0.2) is 0 Å². The molecule has 0 amide bonds. The van der Waals surface area contributed by atoms with E-state index in [0.717, 1.165) is 0 Å². The number of aromatic nitrogens is 1. The first-order chi connectivity index (χ1) is 5.43. The van der Waals surface area contributed by atoms with Crippen LogP contribution in [-0.2, 0) is 0 Å². The van der Waals surface area contributed by atoms with Gasteiger partial charge in [0, 0.05) is 6.20 Å². The molecule has 1 rings (SSSR count). The molecule has 4 heteroatoms. The van der Waals surface area contributed by atoms with E-state index in [2.05, 4.69) is 24.6 Å². The lowest BCUT2D eigenvalue weighted by Crippen LogP contribution is -2.40. The van der Waals surface area contributed by atoms with Crippen molar-refractivity contribution in [2.45, 2.75) is 19.6 Å². The molecule has 1 aromatic rings. The fourth-order valence-corrected chi connectivity index (χ4v) is 3.69. The smallest absolute Gasteiger partial charge is 0.142 e. The Morgan fingerprint density at radius 2 is 1.92 bits per heavy atom. The number of hydrogen-bond acceptors (Lipinski definition) is 1. The standard InChI is InChI=1S/C8H11ClFNSi/c1-12(2,3)8-6(9)4-11-5-7(8)10/h4-5H,1-3H3. The summed E-state index contributed by atoms with van der Waals surface area (Å²) in [5.74, 6) is -0.276. The molecule has 12 heavy (non-hydrogen) atoms. The Morgan fingerprint density at radius 3 is 2.25 bits per heavy atom. The van der Waals surface area contributed by atoms with Crippen molar-refractivity contribution in [3.05, 3.63) is 23.2 Å². The average molecular weight is 204 g/mol. The molecule has 0 atom stereocenters. The van der Waals surface area contributed by atoms with Gasteiger partial charge in [-0.3, -0.25) is 4.98 Å². The number of nitrogens with zero attached hydrogens (tertiary/aromatic N) is 1. The second-order valence-corrected chi connectivity index (χ2v) is 9.14. The Morgan fingerprint density at radius 1 is 1.33 bits per heavy atom. The Kier molecular flexibility index (Phi) is 2.54. The highest BCUT2D eigenvalue weighted by Crippen LogP contribution is 2.12. The predicted octanol–water partition coefficient (Wildman–Crippen LogP) is 2.42. The lowest BCUT2D eigenvalue weighted by Gasteiger charge is -2.18. The van der Waals surface area contributed by atoms with Gasteiger partial charge >= 0.3 is 0 Å². The van der Waals surface area contributed by atoms with Crippen molar-refractivity contribution in [2.24, 2.45) is 0 Å². The third-order valence-electron chi connectivity index (χ3n) is 1.60. The predicted molar refractivity (Wildman–Crippen MR) is 52.2 cm³/mol. The van der Waals surface area contributed by atoms with Gasteiger partial charge in [0.05, 0.1) is 19.3 Å². The van der Waals surface area contributed by atoms with E-state index in [0.29, 0.717) is 10.2 Å². The third-order valence-corrected chi connectivity index (χ3v) is 4.06. The first-order valence-corrected chi connectivity index (χ1v) is 7.60. The second-order valence-electron chi connectivity index (χ2n) is 3.73. The summed E-state index contributed by atoms with van der Waals surface area (Å²) in [5.41, 5.74) is 0. The summed E-state index contributed by atoms with van der Waals surface area (Å²) in [5, 5.41) is 1.12. The van der Waals surface area contributed by atoms with Crippen molar-refractivity contribution < 1.29 is 4.39 Å². The minimum Gasteiger partial charge on any atom is -0.260 e. The van der Waals surface area contributed by atoms with Crippen LogP contribution in [0.5, 0.6) is 0 Å². The molecule has 66 valence electrons. The van der Waals surface area contributed by atoms with E-state index in [4.69, 9.17) is 11.6 Å². The molecule has 1 nitrogen and oxygen atoms in total. The summed E-state index contributed by atoms with van der Waals surface area (Å²) in [6.07, 6.45) is 2.72. The number of hydrogen-bond donors (Lipinski definition) is 0. The van der Waals surface area contributed by atoms with Crippen LogP contribution in [0.3, 0.4) is 0 Å². The fourth-order valence-electron chi connectivity index (χ4n) is 1.13. The highest BCUT2D eigenvalue weighted by molar-refractivity contribution is 6.90. The molecule has 0 bridgehead atoms. The van der Waals surface area contributed by atoms with E-state index in [1.807, 2.05) is 0 Å². The van der Waals surface area contributed by atoms with E-state index >= 15 is 0 Å². The van der Waals surface area contributed by atoms with Crippen molar-refractivity contribution in [2.75, 3.05) is 0 Å². The molecule has 0 saturated heterocycles. The van der Waals surface area contributed by atoms with Crippen LogP contribution >= 0.6 is 11.6 Å². The lowest BCUT2D eigenvalue weighted by atomic mass is 10.5. The Bertz CT molecular complexity index is 275. The average Bonchev–Trinajstić information content (AvgIpc) is 1.82. The lowest BCUT2D eigenvalue weighted by molar-refractivity contribution is 0.629. The van der Waals surface area contributed by atoms with Gasteiger partial charge in [-0.15, -0.1) is 0 Å². The van der Waals surface area contributed by atoms with Crippen LogP contribution in [0, 0.1) is 5.82 Å². The molecule has 0 N–H and O–H groups in total. The number of pyridine rings is 1. The first-order valence-electron chi connectivity index (χ1n) is 3.72. The monoisotopic (exact) mass is 203 g/mol. The Hall–Kier alpha value is -0.413. The molecule has 0 aliphatic heterocycles. The summed E-state index contributed by atoms with van der Waals surface area (Å²) in [4.78, 5) is 3.67. The maximum atomic E-state index is 13.2. The minimum absolute atomic E-state index is 0.276. The summed E-state index contributed by atoms with van der Waals surface area (Å²) in [6, 6.07) is 0. The molecule has 0 aliphatic carbocycles. The second kappa shape index (κ2) is 3.15. The van der Waals surface area contributed by atoms with Crippen LogP contribution in [0.25, 0.3) is 0 Å². The molecular weight excluding hydrogens is 193 g/mol. The van der Waals surface area contributed by atoms with Crippen molar-refractivity contribution >= 4 is 24.9 Å². The van der Waals surface area contributed by atoms with Crippen LogP contribution in [0.15, 0.2) is 12.4 Å². The molecule has 0 fully saturated rings. The molecule has 0 aliphatic rings. The van der Waals surface area contributed by atoms with E-state index < -0.39 is 8.07 Å². The van der Waals surface area contributed by atoms with Crippen molar-refractivity contribution in [1.29, 1.82) is 0 Å². The molecule has 0 spiro atoms. The van der Waals surface area contributed by atoms with E-state index in [1.54, 1.807) is 0 Å². The summed E-state index contributed by atoms with van der Waals surface area (Å²) < 4.78 is 13.2. The maximum absolute atomic E-state index is 13.2. The van der Waals surface area contributed by atoms with Crippen molar-refractivity contribution in [3.63, 3.8) is 0 Å². The van der Waals surface area contributed by atoms with Crippen LogP contribution in [0.4, 0.5) is 4.39 Å². The van der Waals surface area contributed by atoms with Gasteiger partial charge in [0.25, 0.3) is 0 Å². The normalized spacial score (nSPS) is 11.8. The highest BCUT2D eigenvalue weighted by Gasteiger charge is 2.23. The van der Waals surface area contributed by atoms with Crippen molar-refractivity contribution in [1.82, 2.24) is 4.98 Å². The molecule has 0 radical (unpaired) electrons. The number of rotatable bonds is 1. The van der Waals surface area contributed by atoms with E-state index in [1.165, 1.54) is 12.4 Å². The van der Waals surface area contributed by atoms with E-state index in [-0.39, 0.29) is 5.82 Å². The van der Waals surface area contributed by atoms with Crippen LogP contribution in [0.1, 0.15) is 0 Å². The Balaban J connectivity index is 3.31. The molecule has 0 aromatic carbocycles. The van der Waals surface area contributed by atoms with Crippen LogP contribution < -0.4 is 5.19 Å². The van der Waals surface area contributed by atoms with Gasteiger partial charge < -0.3 is 0 Å². The van der Waals surface area contributed by atoms with Crippen LogP contribution in [0.2, 0.25) is 24.7 Å². The molecular formula is C8H11ClFNSi. The SMILES string of the molecule is C[Si](C)(C)c1c(F)cncc1Cl. The topological polar surface area (TPSA) is 12.9 Å². The quantitative estimate of drug-likeness (QED) is 0.639. The summed E-state index contributed by atoms with van der Waals surface area (Å²) >= 11 is 5.85. The molecule has 0 saturated carbocycles. The number of halogens is 2. The third kappa shape index (κ3) is 1.84. The van der Waals surface area contributed by atoms with Gasteiger partial charge in [-0.2, -0.15) is 0 Å². The maximum Gasteiger partial charge on any atom is 0.142 e.